The maximum absolute atomic E-state index is 5.71. The second kappa shape index (κ2) is 5.92. The molecule has 1 unspecified atom stereocenters. The summed E-state index contributed by atoms with van der Waals surface area (Å²) in [6.07, 6.45) is 1.06. The molecule has 1 aromatic heterocycles. The topological polar surface area (TPSA) is 37.0 Å². The van der Waals surface area contributed by atoms with Crippen LogP contribution in [0.2, 0.25) is 0 Å². The van der Waals surface area contributed by atoms with Gasteiger partial charge in [-0.05, 0) is 68.5 Å². The Labute approximate surface area is 149 Å². The Morgan fingerprint density at radius 2 is 1.72 bits per heavy atom. The van der Waals surface area contributed by atoms with Gasteiger partial charge in [0.25, 0.3) is 0 Å². The number of methoxy groups -OCH3 is 1. The monoisotopic (exact) mass is 334 g/mol. The van der Waals surface area contributed by atoms with E-state index in [4.69, 9.17) is 4.74 Å². The molecular formula is C22H26N2O. The third-order valence-electron chi connectivity index (χ3n) is 5.56. The first kappa shape index (κ1) is 16.2. The summed E-state index contributed by atoms with van der Waals surface area (Å²) in [5, 5.41) is 5.07. The molecule has 3 heteroatoms. The van der Waals surface area contributed by atoms with E-state index in [1.54, 1.807) is 7.11 Å². The SMILES string of the molecule is COc1cc(C)c(C)cc1C1NCCc2c1[nH]c1c(C)cc(C)cc21. The van der Waals surface area contributed by atoms with Gasteiger partial charge in [0.15, 0.2) is 0 Å². The number of H-pyrrole nitrogens is 1. The van der Waals surface area contributed by atoms with Crippen LogP contribution in [0, 0.1) is 27.7 Å². The molecule has 4 rings (SSSR count). The number of hydrogen-bond acceptors (Lipinski definition) is 2. The largest absolute Gasteiger partial charge is 0.496 e. The summed E-state index contributed by atoms with van der Waals surface area (Å²) in [4.78, 5) is 3.73. The highest BCUT2D eigenvalue weighted by molar-refractivity contribution is 5.88. The summed E-state index contributed by atoms with van der Waals surface area (Å²) in [5.74, 6) is 0.958. The number of aryl methyl sites for hydroxylation is 4. The average molecular weight is 334 g/mol. The summed E-state index contributed by atoms with van der Waals surface area (Å²) in [6, 6.07) is 9.13. The van der Waals surface area contributed by atoms with Crippen LogP contribution in [-0.4, -0.2) is 18.6 Å². The summed E-state index contributed by atoms with van der Waals surface area (Å²) < 4.78 is 5.71. The van der Waals surface area contributed by atoms with Crippen molar-refractivity contribution in [2.45, 2.75) is 40.2 Å². The zero-order valence-electron chi connectivity index (χ0n) is 15.7. The first-order valence-electron chi connectivity index (χ1n) is 8.99. The molecule has 0 saturated heterocycles. The lowest BCUT2D eigenvalue weighted by Gasteiger charge is -2.27. The fourth-order valence-electron chi connectivity index (χ4n) is 4.17. The fourth-order valence-corrected chi connectivity index (χ4v) is 4.17. The van der Waals surface area contributed by atoms with E-state index in [9.17, 15) is 0 Å². The number of aromatic amines is 1. The quantitative estimate of drug-likeness (QED) is 0.716. The third-order valence-corrected chi connectivity index (χ3v) is 5.56. The standard InChI is InChI=1S/C22H26N2O/c1-12-8-15(4)20-17(9-12)16-6-7-23-21(22(16)24-20)18-10-13(2)14(3)11-19(18)25-5/h8-11,21,23-24H,6-7H2,1-5H3. The molecule has 3 nitrogen and oxygen atoms in total. The van der Waals surface area contributed by atoms with Crippen molar-refractivity contribution >= 4 is 10.9 Å². The highest BCUT2D eigenvalue weighted by Crippen LogP contribution is 2.38. The van der Waals surface area contributed by atoms with E-state index in [2.05, 4.69) is 62.3 Å². The van der Waals surface area contributed by atoms with E-state index >= 15 is 0 Å². The molecule has 2 aromatic carbocycles. The van der Waals surface area contributed by atoms with Crippen molar-refractivity contribution in [2.75, 3.05) is 13.7 Å². The van der Waals surface area contributed by atoms with Crippen molar-refractivity contribution in [3.8, 4) is 5.75 Å². The van der Waals surface area contributed by atoms with Gasteiger partial charge in [-0.3, -0.25) is 0 Å². The molecule has 1 atom stereocenters. The van der Waals surface area contributed by atoms with Gasteiger partial charge in [0.2, 0.25) is 0 Å². The molecule has 1 aliphatic heterocycles. The van der Waals surface area contributed by atoms with Crippen molar-refractivity contribution in [2.24, 2.45) is 0 Å². The van der Waals surface area contributed by atoms with Crippen molar-refractivity contribution in [3.63, 3.8) is 0 Å². The van der Waals surface area contributed by atoms with Gasteiger partial charge in [-0.15, -0.1) is 0 Å². The maximum atomic E-state index is 5.71. The van der Waals surface area contributed by atoms with Crippen molar-refractivity contribution in [1.82, 2.24) is 10.3 Å². The Kier molecular flexibility index (Phi) is 3.84. The molecule has 0 spiro atoms. The van der Waals surface area contributed by atoms with Crippen LogP contribution in [0.5, 0.6) is 5.75 Å². The molecule has 3 aromatic rings. The Balaban J connectivity index is 1.94. The van der Waals surface area contributed by atoms with Crippen LogP contribution in [0.25, 0.3) is 10.9 Å². The number of benzene rings is 2. The van der Waals surface area contributed by atoms with Gasteiger partial charge in [0.05, 0.1) is 13.2 Å². The first-order chi connectivity index (χ1) is 12.0. The van der Waals surface area contributed by atoms with Gasteiger partial charge < -0.3 is 15.0 Å². The summed E-state index contributed by atoms with van der Waals surface area (Å²) in [5.41, 5.74) is 10.4. The molecule has 0 saturated carbocycles. The first-order valence-corrected chi connectivity index (χ1v) is 8.99. The Morgan fingerprint density at radius 3 is 2.48 bits per heavy atom. The van der Waals surface area contributed by atoms with Crippen LogP contribution in [-0.2, 0) is 6.42 Å². The second-order valence-electron chi connectivity index (χ2n) is 7.34. The number of aromatic nitrogens is 1. The fraction of sp³-hybridized carbons (Fsp3) is 0.364. The van der Waals surface area contributed by atoms with Gasteiger partial charge in [0, 0.05) is 28.7 Å². The normalized spacial score (nSPS) is 16.9. The van der Waals surface area contributed by atoms with E-state index in [1.165, 1.54) is 50.0 Å². The summed E-state index contributed by atoms with van der Waals surface area (Å²) >= 11 is 0. The van der Waals surface area contributed by atoms with E-state index in [1.807, 2.05) is 0 Å². The molecule has 2 N–H and O–H groups in total. The molecule has 0 aliphatic carbocycles. The second-order valence-corrected chi connectivity index (χ2v) is 7.34. The van der Waals surface area contributed by atoms with Gasteiger partial charge in [-0.25, -0.2) is 0 Å². The minimum atomic E-state index is 0.144. The molecular weight excluding hydrogens is 308 g/mol. The lowest BCUT2D eigenvalue weighted by molar-refractivity contribution is 0.401. The molecule has 130 valence electrons. The highest BCUT2D eigenvalue weighted by atomic mass is 16.5. The molecule has 0 radical (unpaired) electrons. The Bertz CT molecular complexity index is 968. The molecule has 1 aliphatic rings. The Hall–Kier alpha value is -2.26. The van der Waals surface area contributed by atoms with E-state index in [0.29, 0.717) is 0 Å². The van der Waals surface area contributed by atoms with Crippen LogP contribution < -0.4 is 10.1 Å². The van der Waals surface area contributed by atoms with E-state index in [-0.39, 0.29) is 6.04 Å². The van der Waals surface area contributed by atoms with Crippen molar-refractivity contribution in [1.29, 1.82) is 0 Å². The molecule has 0 fully saturated rings. The number of rotatable bonds is 2. The number of ether oxygens (including phenoxy) is 1. The third kappa shape index (κ3) is 2.54. The van der Waals surface area contributed by atoms with Crippen LogP contribution in [0.4, 0.5) is 0 Å². The minimum absolute atomic E-state index is 0.144. The Morgan fingerprint density at radius 1 is 0.960 bits per heavy atom. The van der Waals surface area contributed by atoms with Crippen LogP contribution in [0.3, 0.4) is 0 Å². The predicted octanol–water partition coefficient (Wildman–Crippen LogP) is 4.65. The van der Waals surface area contributed by atoms with Crippen LogP contribution >= 0.6 is 0 Å². The number of hydrogen-bond donors (Lipinski definition) is 2. The average Bonchev–Trinajstić information content (AvgIpc) is 2.96. The summed E-state index contributed by atoms with van der Waals surface area (Å²) in [7, 11) is 1.76. The molecule has 0 bridgehead atoms. The van der Waals surface area contributed by atoms with Crippen LogP contribution in [0.1, 0.15) is 45.1 Å². The van der Waals surface area contributed by atoms with Gasteiger partial charge >= 0.3 is 0 Å². The van der Waals surface area contributed by atoms with Crippen molar-refractivity contribution < 1.29 is 4.74 Å². The number of fused-ring (bicyclic) bond motifs is 3. The zero-order chi connectivity index (χ0) is 17.7. The van der Waals surface area contributed by atoms with Crippen LogP contribution in [0.15, 0.2) is 24.3 Å². The van der Waals surface area contributed by atoms with E-state index in [0.717, 1.165) is 18.7 Å². The minimum Gasteiger partial charge on any atom is -0.496 e. The highest BCUT2D eigenvalue weighted by Gasteiger charge is 2.28. The molecule has 0 amide bonds. The summed E-state index contributed by atoms with van der Waals surface area (Å²) in [6.45, 7) is 9.65. The van der Waals surface area contributed by atoms with Crippen molar-refractivity contribution in [3.05, 3.63) is 63.3 Å². The predicted molar refractivity (Wildman–Crippen MR) is 104 cm³/mol. The van der Waals surface area contributed by atoms with E-state index < -0.39 is 0 Å². The van der Waals surface area contributed by atoms with Gasteiger partial charge in [-0.2, -0.15) is 0 Å². The molecule has 25 heavy (non-hydrogen) atoms. The smallest absolute Gasteiger partial charge is 0.124 e. The van der Waals surface area contributed by atoms with Gasteiger partial charge in [0.1, 0.15) is 5.75 Å². The number of nitrogens with one attached hydrogen (secondary N) is 2. The lowest BCUT2D eigenvalue weighted by atomic mass is 9.91. The van der Waals surface area contributed by atoms with Gasteiger partial charge in [-0.1, -0.05) is 17.7 Å². The lowest BCUT2D eigenvalue weighted by Crippen LogP contribution is -2.30. The maximum Gasteiger partial charge on any atom is 0.124 e. The zero-order valence-corrected chi connectivity index (χ0v) is 15.7. The molecule has 2 heterocycles.